The number of benzene rings is 1. The van der Waals surface area contributed by atoms with Crippen molar-refractivity contribution in [2.45, 2.75) is 12.5 Å². The summed E-state index contributed by atoms with van der Waals surface area (Å²) in [7, 11) is 1.64. The second-order valence-corrected chi connectivity index (χ2v) is 4.14. The number of nitrogens with one attached hydrogen (secondary N) is 3. The first-order valence-electron chi connectivity index (χ1n) is 5.94. The SMILES string of the molecule is CN[C@@H](Cc1ccc(Nc2ncc[nH]2)cc1)C(=O)O. The van der Waals surface area contributed by atoms with E-state index in [-0.39, 0.29) is 0 Å². The summed E-state index contributed by atoms with van der Waals surface area (Å²) < 4.78 is 0. The maximum Gasteiger partial charge on any atom is 0.321 e. The highest BCUT2D eigenvalue weighted by Gasteiger charge is 2.14. The first-order valence-corrected chi connectivity index (χ1v) is 5.94. The molecular weight excluding hydrogens is 244 g/mol. The second kappa shape index (κ2) is 6.01. The number of hydrogen-bond acceptors (Lipinski definition) is 4. The van der Waals surface area contributed by atoms with E-state index < -0.39 is 12.0 Å². The van der Waals surface area contributed by atoms with Crippen LogP contribution in [0.4, 0.5) is 11.6 Å². The normalized spacial score (nSPS) is 12.1. The molecule has 0 aliphatic rings. The fraction of sp³-hybridized carbons (Fsp3) is 0.231. The Hall–Kier alpha value is -2.34. The molecule has 2 rings (SSSR count). The van der Waals surface area contributed by atoms with Crippen LogP contribution in [0.1, 0.15) is 5.56 Å². The van der Waals surface area contributed by atoms with E-state index in [2.05, 4.69) is 20.6 Å². The summed E-state index contributed by atoms with van der Waals surface area (Å²) in [6.07, 6.45) is 3.86. The standard InChI is InChI=1S/C13H16N4O2/c1-14-11(12(18)19)8-9-2-4-10(5-3-9)17-13-15-6-7-16-13/h2-7,11,14H,8H2,1H3,(H,18,19)(H2,15,16,17)/t11-/m0/s1. The Balaban J connectivity index is 2.00. The van der Waals surface area contributed by atoms with Crippen molar-refractivity contribution >= 4 is 17.6 Å². The van der Waals surface area contributed by atoms with Crippen LogP contribution in [0.5, 0.6) is 0 Å². The molecule has 0 radical (unpaired) electrons. The zero-order valence-corrected chi connectivity index (χ0v) is 10.6. The quantitative estimate of drug-likeness (QED) is 0.630. The highest BCUT2D eigenvalue weighted by molar-refractivity contribution is 5.73. The monoisotopic (exact) mass is 260 g/mol. The smallest absolute Gasteiger partial charge is 0.321 e. The number of aliphatic carboxylic acids is 1. The number of carboxylic acid groups (broad SMARTS) is 1. The lowest BCUT2D eigenvalue weighted by atomic mass is 10.1. The number of nitrogens with zero attached hydrogens (tertiary/aromatic N) is 1. The maximum atomic E-state index is 10.9. The van der Waals surface area contributed by atoms with Crippen LogP contribution < -0.4 is 10.6 Å². The molecule has 1 aromatic carbocycles. The predicted octanol–water partition coefficient (Wildman–Crippen LogP) is 1.37. The topological polar surface area (TPSA) is 90.0 Å². The van der Waals surface area contributed by atoms with Gasteiger partial charge in [0.1, 0.15) is 6.04 Å². The van der Waals surface area contributed by atoms with E-state index in [0.717, 1.165) is 11.3 Å². The fourth-order valence-electron chi connectivity index (χ4n) is 1.74. The number of carboxylic acids is 1. The molecule has 6 nitrogen and oxygen atoms in total. The molecule has 0 bridgehead atoms. The fourth-order valence-corrected chi connectivity index (χ4v) is 1.74. The van der Waals surface area contributed by atoms with Gasteiger partial charge in [0.15, 0.2) is 0 Å². The summed E-state index contributed by atoms with van der Waals surface area (Å²) in [5.74, 6) is -0.174. The number of anilines is 2. The minimum Gasteiger partial charge on any atom is -0.480 e. The molecule has 1 heterocycles. The van der Waals surface area contributed by atoms with Gasteiger partial charge in [-0.3, -0.25) is 4.79 Å². The Morgan fingerprint density at radius 3 is 2.68 bits per heavy atom. The molecule has 4 N–H and O–H groups in total. The lowest BCUT2D eigenvalue weighted by Crippen LogP contribution is -2.35. The average molecular weight is 260 g/mol. The zero-order chi connectivity index (χ0) is 13.7. The first-order chi connectivity index (χ1) is 9.19. The number of aromatic amines is 1. The van der Waals surface area contributed by atoms with Crippen molar-refractivity contribution in [1.29, 1.82) is 0 Å². The van der Waals surface area contributed by atoms with Gasteiger partial charge in [-0.25, -0.2) is 4.98 Å². The van der Waals surface area contributed by atoms with Crippen LogP contribution in [0.25, 0.3) is 0 Å². The minimum absolute atomic E-state index is 0.451. The highest BCUT2D eigenvalue weighted by Crippen LogP contribution is 2.14. The van der Waals surface area contributed by atoms with Crippen molar-refractivity contribution in [1.82, 2.24) is 15.3 Å². The lowest BCUT2D eigenvalue weighted by Gasteiger charge is -2.11. The summed E-state index contributed by atoms with van der Waals surface area (Å²) in [5, 5.41) is 14.8. The summed E-state index contributed by atoms with van der Waals surface area (Å²) in [4.78, 5) is 17.9. The third kappa shape index (κ3) is 3.56. The molecule has 2 aromatic rings. The molecular formula is C13H16N4O2. The zero-order valence-electron chi connectivity index (χ0n) is 10.6. The second-order valence-electron chi connectivity index (χ2n) is 4.14. The summed E-state index contributed by atoms with van der Waals surface area (Å²) in [6.45, 7) is 0. The highest BCUT2D eigenvalue weighted by atomic mass is 16.4. The van der Waals surface area contributed by atoms with Gasteiger partial charge >= 0.3 is 5.97 Å². The van der Waals surface area contributed by atoms with E-state index in [1.807, 2.05) is 24.3 Å². The van der Waals surface area contributed by atoms with Crippen LogP contribution in [0.2, 0.25) is 0 Å². The number of imidazole rings is 1. The molecule has 1 aromatic heterocycles. The van der Waals surface area contributed by atoms with Crippen LogP contribution in [0, 0.1) is 0 Å². The van der Waals surface area contributed by atoms with Crippen LogP contribution in [0.15, 0.2) is 36.7 Å². The van der Waals surface area contributed by atoms with Gasteiger partial charge < -0.3 is 20.7 Å². The van der Waals surface area contributed by atoms with Crippen molar-refractivity contribution in [2.75, 3.05) is 12.4 Å². The minimum atomic E-state index is -0.847. The number of hydrogen-bond donors (Lipinski definition) is 4. The molecule has 0 aliphatic heterocycles. The Morgan fingerprint density at radius 2 is 2.16 bits per heavy atom. The number of aromatic nitrogens is 2. The third-order valence-electron chi connectivity index (χ3n) is 2.80. The van der Waals surface area contributed by atoms with E-state index >= 15 is 0 Å². The number of likely N-dealkylation sites (N-methyl/N-ethyl adjacent to an activating group) is 1. The molecule has 0 unspecified atom stereocenters. The van der Waals surface area contributed by atoms with E-state index in [1.165, 1.54) is 0 Å². The molecule has 0 saturated heterocycles. The molecule has 19 heavy (non-hydrogen) atoms. The molecule has 0 aliphatic carbocycles. The summed E-state index contributed by atoms with van der Waals surface area (Å²) in [5.41, 5.74) is 1.86. The molecule has 100 valence electrons. The van der Waals surface area contributed by atoms with Crippen molar-refractivity contribution in [2.24, 2.45) is 0 Å². The van der Waals surface area contributed by atoms with E-state index in [9.17, 15) is 4.79 Å². The molecule has 0 amide bonds. The molecule has 0 fully saturated rings. The maximum absolute atomic E-state index is 10.9. The van der Waals surface area contributed by atoms with E-state index in [0.29, 0.717) is 12.4 Å². The van der Waals surface area contributed by atoms with Gasteiger partial charge in [-0.05, 0) is 31.2 Å². The van der Waals surface area contributed by atoms with E-state index in [4.69, 9.17) is 5.11 Å². The summed E-state index contributed by atoms with van der Waals surface area (Å²) >= 11 is 0. The van der Waals surface area contributed by atoms with Crippen molar-refractivity contribution in [3.8, 4) is 0 Å². The number of rotatable bonds is 6. The Morgan fingerprint density at radius 1 is 1.42 bits per heavy atom. The van der Waals surface area contributed by atoms with Gasteiger partial charge in [0.25, 0.3) is 0 Å². The summed E-state index contributed by atoms with van der Waals surface area (Å²) in [6, 6.07) is 7.03. The van der Waals surface area contributed by atoms with Crippen molar-refractivity contribution in [3.05, 3.63) is 42.2 Å². The molecule has 0 spiro atoms. The first kappa shape index (κ1) is 13.1. The Kier molecular flexibility index (Phi) is 4.15. The van der Waals surface area contributed by atoms with Gasteiger partial charge in [-0.2, -0.15) is 0 Å². The van der Waals surface area contributed by atoms with Crippen LogP contribution in [0.3, 0.4) is 0 Å². The van der Waals surface area contributed by atoms with Crippen LogP contribution in [-0.2, 0) is 11.2 Å². The van der Waals surface area contributed by atoms with Crippen molar-refractivity contribution < 1.29 is 9.90 Å². The van der Waals surface area contributed by atoms with Crippen LogP contribution in [-0.4, -0.2) is 34.1 Å². The Bertz CT molecular complexity index is 522. The van der Waals surface area contributed by atoms with Gasteiger partial charge in [-0.15, -0.1) is 0 Å². The lowest BCUT2D eigenvalue weighted by molar-refractivity contribution is -0.139. The van der Waals surface area contributed by atoms with Gasteiger partial charge in [0.05, 0.1) is 0 Å². The Labute approximate surface area is 110 Å². The number of carbonyl (C=O) groups is 1. The molecule has 0 saturated carbocycles. The van der Waals surface area contributed by atoms with Gasteiger partial charge in [0, 0.05) is 18.1 Å². The van der Waals surface area contributed by atoms with Crippen LogP contribution >= 0.6 is 0 Å². The van der Waals surface area contributed by atoms with E-state index in [1.54, 1.807) is 19.4 Å². The van der Waals surface area contributed by atoms with Gasteiger partial charge in [-0.1, -0.05) is 12.1 Å². The molecule has 6 heteroatoms. The average Bonchev–Trinajstić information content (AvgIpc) is 2.90. The predicted molar refractivity (Wildman–Crippen MR) is 72.5 cm³/mol. The van der Waals surface area contributed by atoms with Crippen molar-refractivity contribution in [3.63, 3.8) is 0 Å². The van der Waals surface area contributed by atoms with Gasteiger partial charge in [0.2, 0.25) is 5.95 Å². The largest absolute Gasteiger partial charge is 0.480 e. The third-order valence-corrected chi connectivity index (χ3v) is 2.80. The number of H-pyrrole nitrogens is 1. The molecule has 1 atom stereocenters.